The number of hydrogen-bond acceptors (Lipinski definition) is 5. The van der Waals surface area contributed by atoms with E-state index in [2.05, 4.69) is 26.0 Å². The van der Waals surface area contributed by atoms with Crippen molar-refractivity contribution in [3.8, 4) is 5.75 Å². The van der Waals surface area contributed by atoms with Crippen molar-refractivity contribution in [1.29, 1.82) is 0 Å². The van der Waals surface area contributed by atoms with Crippen LogP contribution in [0.15, 0.2) is 22.7 Å². The number of rotatable bonds is 6. The second-order valence-corrected chi connectivity index (χ2v) is 4.70. The Kier molecular flexibility index (Phi) is 6.47. The lowest BCUT2D eigenvalue weighted by molar-refractivity contribution is -0.144. The molecule has 0 aromatic heterocycles. The average molecular weight is 346 g/mol. The number of ether oxygens (including phenoxy) is 3. The third-order valence-corrected chi connectivity index (χ3v) is 3.23. The number of benzene rings is 1. The molecule has 0 aliphatic heterocycles. The van der Waals surface area contributed by atoms with E-state index in [1.165, 1.54) is 21.3 Å². The van der Waals surface area contributed by atoms with Crippen LogP contribution >= 0.6 is 15.9 Å². The molecule has 1 aromatic carbocycles. The highest BCUT2D eigenvalue weighted by atomic mass is 79.9. The second-order valence-electron chi connectivity index (χ2n) is 3.85. The lowest BCUT2D eigenvalue weighted by Crippen LogP contribution is -2.44. The molecule has 0 bridgehead atoms. The number of carbonyl (C=O) groups excluding carboxylic acids is 2. The minimum Gasteiger partial charge on any atom is -0.497 e. The van der Waals surface area contributed by atoms with Crippen LogP contribution in [0.5, 0.6) is 5.75 Å². The van der Waals surface area contributed by atoms with Crippen LogP contribution in [0.2, 0.25) is 0 Å². The van der Waals surface area contributed by atoms with Gasteiger partial charge in [-0.3, -0.25) is 4.79 Å². The van der Waals surface area contributed by atoms with Crippen LogP contribution in [0.4, 0.5) is 0 Å². The van der Waals surface area contributed by atoms with Gasteiger partial charge in [-0.1, -0.05) is 0 Å². The van der Waals surface area contributed by atoms with Crippen LogP contribution in [-0.2, 0) is 14.3 Å². The zero-order valence-electron chi connectivity index (χ0n) is 11.4. The van der Waals surface area contributed by atoms with Gasteiger partial charge in [0, 0.05) is 11.6 Å². The Labute approximate surface area is 125 Å². The first-order chi connectivity index (χ1) is 9.53. The summed E-state index contributed by atoms with van der Waals surface area (Å²) in [6, 6.07) is 4.11. The van der Waals surface area contributed by atoms with Crippen LogP contribution in [0.25, 0.3) is 0 Å². The van der Waals surface area contributed by atoms with Gasteiger partial charge in [-0.2, -0.15) is 0 Å². The number of esters is 1. The molecule has 0 saturated heterocycles. The van der Waals surface area contributed by atoms with E-state index in [-0.39, 0.29) is 6.61 Å². The third kappa shape index (κ3) is 4.21. The maximum absolute atomic E-state index is 12.2. The van der Waals surface area contributed by atoms with E-state index in [0.29, 0.717) is 15.8 Å². The molecular formula is C13H16BrNO5. The molecule has 1 N–H and O–H groups in total. The van der Waals surface area contributed by atoms with Crippen LogP contribution < -0.4 is 10.1 Å². The summed E-state index contributed by atoms with van der Waals surface area (Å²) < 4.78 is 15.2. The highest BCUT2D eigenvalue weighted by molar-refractivity contribution is 9.10. The van der Waals surface area contributed by atoms with Crippen molar-refractivity contribution in [1.82, 2.24) is 5.32 Å². The van der Waals surface area contributed by atoms with Gasteiger partial charge >= 0.3 is 5.97 Å². The maximum Gasteiger partial charge on any atom is 0.330 e. The number of carbonyl (C=O) groups is 2. The molecule has 110 valence electrons. The summed E-state index contributed by atoms with van der Waals surface area (Å²) in [5, 5.41) is 2.55. The first-order valence-corrected chi connectivity index (χ1v) is 6.54. The monoisotopic (exact) mass is 345 g/mol. The van der Waals surface area contributed by atoms with Gasteiger partial charge in [0.25, 0.3) is 5.91 Å². The Hall–Kier alpha value is -1.60. The smallest absolute Gasteiger partial charge is 0.330 e. The van der Waals surface area contributed by atoms with Gasteiger partial charge in [0.1, 0.15) is 5.75 Å². The van der Waals surface area contributed by atoms with Gasteiger partial charge in [0.15, 0.2) is 6.04 Å². The molecule has 0 fully saturated rings. The quantitative estimate of drug-likeness (QED) is 0.788. The van der Waals surface area contributed by atoms with E-state index in [0.717, 1.165) is 0 Å². The summed E-state index contributed by atoms with van der Waals surface area (Å²) in [5.74, 6) is -0.456. The summed E-state index contributed by atoms with van der Waals surface area (Å²) in [7, 11) is 4.19. The molecule has 0 saturated carbocycles. The minimum atomic E-state index is -0.865. The second kappa shape index (κ2) is 7.86. The molecule has 1 rings (SSSR count). The number of methoxy groups -OCH3 is 3. The van der Waals surface area contributed by atoms with Crippen molar-refractivity contribution < 1.29 is 23.8 Å². The van der Waals surface area contributed by atoms with Gasteiger partial charge in [-0.25, -0.2) is 4.79 Å². The van der Waals surface area contributed by atoms with Crippen molar-refractivity contribution in [2.24, 2.45) is 0 Å². The van der Waals surface area contributed by atoms with E-state index in [1.807, 2.05) is 0 Å². The molecule has 0 aliphatic rings. The molecule has 20 heavy (non-hydrogen) atoms. The fourth-order valence-electron chi connectivity index (χ4n) is 1.52. The third-order valence-electron chi connectivity index (χ3n) is 2.54. The largest absolute Gasteiger partial charge is 0.497 e. The zero-order valence-corrected chi connectivity index (χ0v) is 13.0. The molecule has 0 heterocycles. The average Bonchev–Trinajstić information content (AvgIpc) is 2.46. The van der Waals surface area contributed by atoms with Crippen LogP contribution in [0, 0.1) is 0 Å². The number of halogens is 1. The number of amides is 1. The zero-order chi connectivity index (χ0) is 15.1. The Bertz CT molecular complexity index is 492. The van der Waals surface area contributed by atoms with Gasteiger partial charge < -0.3 is 19.5 Å². The van der Waals surface area contributed by atoms with E-state index >= 15 is 0 Å². The van der Waals surface area contributed by atoms with Crippen molar-refractivity contribution >= 4 is 27.8 Å². The van der Waals surface area contributed by atoms with E-state index in [4.69, 9.17) is 9.47 Å². The fourth-order valence-corrected chi connectivity index (χ4v) is 1.95. The van der Waals surface area contributed by atoms with E-state index in [9.17, 15) is 9.59 Å². The van der Waals surface area contributed by atoms with Crippen molar-refractivity contribution in [2.45, 2.75) is 6.04 Å². The summed E-state index contributed by atoms with van der Waals surface area (Å²) >= 11 is 3.28. The lowest BCUT2D eigenvalue weighted by Gasteiger charge is -2.16. The van der Waals surface area contributed by atoms with E-state index in [1.54, 1.807) is 18.2 Å². The highest BCUT2D eigenvalue weighted by Crippen LogP contribution is 2.22. The standard InChI is InChI=1S/C13H16BrNO5/c1-18-7-11(13(17)20-3)15-12(16)9-6-8(19-2)4-5-10(9)14/h4-6,11H,7H2,1-3H3,(H,15,16)/t11-/m0/s1. The molecule has 1 amide bonds. The van der Waals surface area contributed by atoms with Crippen LogP contribution in [0.3, 0.4) is 0 Å². The highest BCUT2D eigenvalue weighted by Gasteiger charge is 2.23. The first kappa shape index (κ1) is 16.5. The SMILES string of the molecule is COC[C@H](NC(=O)c1cc(OC)ccc1Br)C(=O)OC. The Balaban J connectivity index is 2.91. The van der Waals surface area contributed by atoms with Crippen LogP contribution in [0.1, 0.15) is 10.4 Å². The summed E-state index contributed by atoms with van der Waals surface area (Å²) in [6.45, 7) is 0.0278. The van der Waals surface area contributed by atoms with Crippen molar-refractivity contribution in [3.63, 3.8) is 0 Å². The van der Waals surface area contributed by atoms with Gasteiger partial charge in [0.2, 0.25) is 0 Å². The molecule has 6 nitrogen and oxygen atoms in total. The molecular weight excluding hydrogens is 330 g/mol. The minimum absolute atomic E-state index is 0.0278. The van der Waals surface area contributed by atoms with Crippen molar-refractivity contribution in [3.05, 3.63) is 28.2 Å². The van der Waals surface area contributed by atoms with Gasteiger partial charge in [-0.15, -0.1) is 0 Å². The fraction of sp³-hybridized carbons (Fsp3) is 0.385. The number of hydrogen-bond donors (Lipinski definition) is 1. The Morgan fingerprint density at radius 3 is 2.55 bits per heavy atom. The van der Waals surface area contributed by atoms with Gasteiger partial charge in [-0.05, 0) is 34.1 Å². The molecule has 1 atom stereocenters. The Morgan fingerprint density at radius 2 is 2.00 bits per heavy atom. The van der Waals surface area contributed by atoms with E-state index < -0.39 is 17.9 Å². The van der Waals surface area contributed by atoms with Gasteiger partial charge in [0.05, 0.1) is 26.4 Å². The molecule has 1 aromatic rings. The summed E-state index contributed by atoms with van der Waals surface area (Å²) in [4.78, 5) is 23.7. The predicted octanol–water partition coefficient (Wildman–Crippen LogP) is 1.38. The maximum atomic E-state index is 12.2. The molecule has 7 heteroatoms. The summed E-state index contributed by atoms with van der Waals surface area (Å²) in [5.41, 5.74) is 0.356. The van der Waals surface area contributed by atoms with Crippen molar-refractivity contribution in [2.75, 3.05) is 27.9 Å². The molecule has 0 spiro atoms. The number of nitrogens with one attached hydrogen (secondary N) is 1. The predicted molar refractivity (Wildman–Crippen MR) is 75.8 cm³/mol. The normalized spacial score (nSPS) is 11.6. The van der Waals surface area contributed by atoms with Crippen LogP contribution in [-0.4, -0.2) is 45.9 Å². The lowest BCUT2D eigenvalue weighted by atomic mass is 10.2. The Morgan fingerprint density at radius 1 is 1.30 bits per heavy atom. The first-order valence-electron chi connectivity index (χ1n) is 5.74. The summed E-state index contributed by atoms with van der Waals surface area (Å²) in [6.07, 6.45) is 0. The molecule has 0 unspecified atom stereocenters. The molecule has 0 radical (unpaired) electrons. The topological polar surface area (TPSA) is 73.9 Å². The molecule has 0 aliphatic carbocycles.